The molecule has 168 valence electrons. The van der Waals surface area contributed by atoms with Crippen molar-refractivity contribution < 1.29 is 8.85 Å². The van der Waals surface area contributed by atoms with Gasteiger partial charge in [-0.2, -0.15) is 0 Å². The molecule has 0 aromatic heterocycles. The first-order valence-corrected chi connectivity index (χ1v) is 15.0. The lowest BCUT2D eigenvalue weighted by Crippen LogP contribution is -2.37. The molecule has 0 heterocycles. The van der Waals surface area contributed by atoms with Gasteiger partial charge in [0.2, 0.25) is 0 Å². The standard InChI is InChI=1S/C25H52O2Si/c1-5-8-10-12-14-15-16-17-18-19-21-23-25-27-28(4,7-3)26-24-22-20-13-11-9-6-2/h7H,3,5-6,8-25H2,1-2,4H3. The molecule has 0 spiro atoms. The van der Waals surface area contributed by atoms with Crippen LogP contribution in [-0.4, -0.2) is 21.8 Å². The van der Waals surface area contributed by atoms with Gasteiger partial charge in [0, 0.05) is 13.2 Å². The smallest absolute Gasteiger partial charge is 0.361 e. The van der Waals surface area contributed by atoms with Gasteiger partial charge in [-0.3, -0.25) is 0 Å². The summed E-state index contributed by atoms with van der Waals surface area (Å²) in [5, 5.41) is 0. The summed E-state index contributed by atoms with van der Waals surface area (Å²) >= 11 is 0. The Balaban J connectivity index is 3.44. The molecule has 3 heteroatoms. The van der Waals surface area contributed by atoms with E-state index in [4.69, 9.17) is 8.85 Å². The van der Waals surface area contributed by atoms with Crippen LogP contribution in [0.15, 0.2) is 12.3 Å². The van der Waals surface area contributed by atoms with Gasteiger partial charge in [0.25, 0.3) is 0 Å². The maximum absolute atomic E-state index is 6.11. The van der Waals surface area contributed by atoms with Crippen LogP contribution in [-0.2, 0) is 8.85 Å². The third-order valence-corrected chi connectivity index (χ3v) is 7.94. The van der Waals surface area contributed by atoms with Gasteiger partial charge in [-0.05, 0) is 25.1 Å². The van der Waals surface area contributed by atoms with Gasteiger partial charge < -0.3 is 8.85 Å². The van der Waals surface area contributed by atoms with E-state index in [-0.39, 0.29) is 0 Å². The Morgan fingerprint density at radius 3 is 1.11 bits per heavy atom. The third kappa shape index (κ3) is 19.2. The van der Waals surface area contributed by atoms with Gasteiger partial charge in [0.15, 0.2) is 0 Å². The van der Waals surface area contributed by atoms with Crippen molar-refractivity contribution in [3.63, 3.8) is 0 Å². The van der Waals surface area contributed by atoms with E-state index in [0.717, 1.165) is 26.1 Å². The minimum atomic E-state index is -2.14. The fourth-order valence-corrected chi connectivity index (χ4v) is 4.95. The van der Waals surface area contributed by atoms with Gasteiger partial charge in [-0.1, -0.05) is 117 Å². The van der Waals surface area contributed by atoms with E-state index in [1.165, 1.54) is 103 Å². The van der Waals surface area contributed by atoms with Crippen LogP contribution in [0, 0.1) is 0 Å². The molecular weight excluding hydrogens is 360 g/mol. The molecule has 0 amide bonds. The Bertz CT molecular complexity index is 322. The summed E-state index contributed by atoms with van der Waals surface area (Å²) in [6.07, 6.45) is 24.4. The van der Waals surface area contributed by atoms with E-state index in [1.807, 2.05) is 5.70 Å². The molecule has 0 aliphatic rings. The third-order valence-electron chi connectivity index (χ3n) is 5.64. The van der Waals surface area contributed by atoms with Gasteiger partial charge in [0.1, 0.15) is 0 Å². The molecule has 0 rings (SSSR count). The van der Waals surface area contributed by atoms with Crippen molar-refractivity contribution in [1.29, 1.82) is 0 Å². The molecule has 0 aromatic rings. The average Bonchev–Trinajstić information content (AvgIpc) is 2.71. The van der Waals surface area contributed by atoms with Crippen LogP contribution in [0.4, 0.5) is 0 Å². The second-order valence-electron chi connectivity index (χ2n) is 8.57. The molecular formula is C25H52O2Si. The van der Waals surface area contributed by atoms with Crippen molar-refractivity contribution in [3.05, 3.63) is 12.3 Å². The highest BCUT2D eigenvalue weighted by Crippen LogP contribution is 2.14. The molecule has 0 bridgehead atoms. The van der Waals surface area contributed by atoms with Crippen molar-refractivity contribution in [1.82, 2.24) is 0 Å². The van der Waals surface area contributed by atoms with E-state index in [1.54, 1.807) is 0 Å². The maximum atomic E-state index is 6.11. The summed E-state index contributed by atoms with van der Waals surface area (Å²) < 4.78 is 12.2. The van der Waals surface area contributed by atoms with Crippen LogP contribution in [0.5, 0.6) is 0 Å². The van der Waals surface area contributed by atoms with Gasteiger partial charge in [0.05, 0.1) is 0 Å². The molecule has 0 saturated heterocycles. The molecule has 0 fully saturated rings. The maximum Gasteiger partial charge on any atom is 0.361 e. The zero-order valence-electron chi connectivity index (χ0n) is 19.7. The van der Waals surface area contributed by atoms with Crippen LogP contribution in [0.1, 0.15) is 129 Å². The second kappa shape index (κ2) is 21.6. The molecule has 2 nitrogen and oxygen atoms in total. The molecule has 0 radical (unpaired) electrons. The topological polar surface area (TPSA) is 18.5 Å². The first-order chi connectivity index (χ1) is 13.7. The summed E-state index contributed by atoms with van der Waals surface area (Å²) in [6.45, 7) is 12.3. The lowest BCUT2D eigenvalue weighted by molar-refractivity contribution is 0.177. The monoisotopic (exact) mass is 412 g/mol. The van der Waals surface area contributed by atoms with E-state index in [9.17, 15) is 0 Å². The largest absolute Gasteiger partial charge is 0.391 e. The highest BCUT2D eigenvalue weighted by Gasteiger charge is 2.26. The molecule has 0 aliphatic heterocycles. The van der Waals surface area contributed by atoms with E-state index in [0.29, 0.717) is 0 Å². The summed E-state index contributed by atoms with van der Waals surface area (Å²) in [7, 11) is -2.14. The second-order valence-corrected chi connectivity index (χ2v) is 11.6. The minimum Gasteiger partial charge on any atom is -0.391 e. The van der Waals surface area contributed by atoms with Gasteiger partial charge >= 0.3 is 8.56 Å². The highest BCUT2D eigenvalue weighted by atomic mass is 28.4. The number of rotatable bonds is 23. The van der Waals surface area contributed by atoms with E-state index >= 15 is 0 Å². The molecule has 0 aromatic carbocycles. The van der Waals surface area contributed by atoms with Crippen LogP contribution >= 0.6 is 0 Å². The average molecular weight is 413 g/mol. The summed E-state index contributed by atoms with van der Waals surface area (Å²) in [6, 6.07) is 0. The summed E-state index contributed by atoms with van der Waals surface area (Å²) in [4.78, 5) is 0. The SMILES string of the molecule is C=C[Si](C)(OCCCCCCCC)OCCCCCCCCCCCCCC. The van der Waals surface area contributed by atoms with Crippen LogP contribution < -0.4 is 0 Å². The fourth-order valence-electron chi connectivity index (χ4n) is 3.53. The molecule has 1 atom stereocenters. The van der Waals surface area contributed by atoms with Crippen molar-refractivity contribution >= 4 is 8.56 Å². The first kappa shape index (κ1) is 27.9. The van der Waals surface area contributed by atoms with Crippen molar-refractivity contribution in [2.45, 2.75) is 136 Å². The molecule has 28 heavy (non-hydrogen) atoms. The minimum absolute atomic E-state index is 0.833. The number of hydrogen-bond acceptors (Lipinski definition) is 2. The van der Waals surface area contributed by atoms with E-state index in [2.05, 4.69) is 27.0 Å². The highest BCUT2D eigenvalue weighted by molar-refractivity contribution is 6.71. The Morgan fingerprint density at radius 2 is 0.821 bits per heavy atom. The Kier molecular flexibility index (Phi) is 21.5. The van der Waals surface area contributed by atoms with Crippen LogP contribution in [0.25, 0.3) is 0 Å². The van der Waals surface area contributed by atoms with Crippen LogP contribution in [0.3, 0.4) is 0 Å². The molecule has 0 N–H and O–H groups in total. The normalized spacial score (nSPS) is 13.5. The van der Waals surface area contributed by atoms with Crippen molar-refractivity contribution in [3.8, 4) is 0 Å². The first-order valence-electron chi connectivity index (χ1n) is 12.6. The van der Waals surface area contributed by atoms with Crippen molar-refractivity contribution in [2.75, 3.05) is 13.2 Å². The number of unbranched alkanes of at least 4 members (excludes halogenated alkanes) is 16. The Morgan fingerprint density at radius 1 is 0.536 bits per heavy atom. The predicted molar refractivity (Wildman–Crippen MR) is 128 cm³/mol. The van der Waals surface area contributed by atoms with Crippen molar-refractivity contribution in [2.24, 2.45) is 0 Å². The zero-order valence-corrected chi connectivity index (χ0v) is 20.7. The Hall–Kier alpha value is -0.123. The zero-order chi connectivity index (χ0) is 20.8. The predicted octanol–water partition coefficient (Wildman–Crippen LogP) is 8.88. The number of hydrogen-bond donors (Lipinski definition) is 0. The lowest BCUT2D eigenvalue weighted by atomic mass is 10.1. The molecule has 1 unspecified atom stereocenters. The molecule has 0 saturated carbocycles. The quantitative estimate of drug-likeness (QED) is 0.123. The Labute approximate surface area is 179 Å². The van der Waals surface area contributed by atoms with Gasteiger partial charge in [-0.25, -0.2) is 0 Å². The van der Waals surface area contributed by atoms with Gasteiger partial charge in [-0.15, -0.1) is 6.58 Å². The summed E-state index contributed by atoms with van der Waals surface area (Å²) in [5.41, 5.74) is 1.95. The molecule has 0 aliphatic carbocycles. The van der Waals surface area contributed by atoms with E-state index < -0.39 is 8.56 Å². The fraction of sp³-hybridized carbons (Fsp3) is 0.920. The van der Waals surface area contributed by atoms with Crippen LogP contribution in [0.2, 0.25) is 6.55 Å². The lowest BCUT2D eigenvalue weighted by Gasteiger charge is -2.23. The summed E-state index contributed by atoms with van der Waals surface area (Å²) in [5.74, 6) is 0.